The van der Waals surface area contributed by atoms with Crippen LogP contribution in [0, 0.1) is 11.8 Å². The van der Waals surface area contributed by atoms with Gasteiger partial charge in [-0.3, -0.25) is 4.79 Å². The molecule has 2 heterocycles. The predicted molar refractivity (Wildman–Crippen MR) is 74.5 cm³/mol. The highest BCUT2D eigenvalue weighted by molar-refractivity contribution is 5.97. The summed E-state index contributed by atoms with van der Waals surface area (Å²) >= 11 is 0. The SMILES string of the molecule is C[C@H]1C[C@H](C)CN(c2ncc3c(n2)CCCC3=O)C1. The summed E-state index contributed by atoms with van der Waals surface area (Å²) in [6.07, 6.45) is 5.50. The van der Waals surface area contributed by atoms with E-state index >= 15 is 0 Å². The first kappa shape index (κ1) is 12.6. The fraction of sp³-hybridized carbons (Fsp3) is 0.667. The molecule has 19 heavy (non-hydrogen) atoms. The number of aryl methyl sites for hydroxylation is 1. The maximum atomic E-state index is 11.8. The van der Waals surface area contributed by atoms with Crippen LogP contribution in [0.4, 0.5) is 5.95 Å². The highest BCUT2D eigenvalue weighted by Gasteiger charge is 2.25. The summed E-state index contributed by atoms with van der Waals surface area (Å²) < 4.78 is 0. The smallest absolute Gasteiger partial charge is 0.225 e. The van der Waals surface area contributed by atoms with E-state index in [0.29, 0.717) is 18.3 Å². The van der Waals surface area contributed by atoms with Gasteiger partial charge in [-0.25, -0.2) is 9.97 Å². The van der Waals surface area contributed by atoms with Crippen molar-refractivity contribution in [3.63, 3.8) is 0 Å². The lowest BCUT2D eigenvalue weighted by Crippen LogP contribution is -2.40. The fourth-order valence-electron chi connectivity index (χ4n) is 3.36. The van der Waals surface area contributed by atoms with Crippen molar-refractivity contribution in [2.45, 2.75) is 39.5 Å². The molecule has 1 aliphatic heterocycles. The van der Waals surface area contributed by atoms with Crippen molar-refractivity contribution in [1.82, 2.24) is 9.97 Å². The molecule has 0 aromatic carbocycles. The summed E-state index contributed by atoms with van der Waals surface area (Å²) in [5, 5.41) is 0. The molecule has 0 spiro atoms. The molecular weight excluding hydrogens is 238 g/mol. The van der Waals surface area contributed by atoms with Gasteiger partial charge in [-0.2, -0.15) is 0 Å². The third-order valence-corrected chi connectivity index (χ3v) is 4.12. The van der Waals surface area contributed by atoms with Crippen molar-refractivity contribution in [2.75, 3.05) is 18.0 Å². The minimum absolute atomic E-state index is 0.202. The van der Waals surface area contributed by atoms with Gasteiger partial charge < -0.3 is 4.90 Å². The van der Waals surface area contributed by atoms with Crippen molar-refractivity contribution in [3.8, 4) is 0 Å². The normalized spacial score (nSPS) is 27.3. The monoisotopic (exact) mass is 259 g/mol. The van der Waals surface area contributed by atoms with Crippen LogP contribution in [0.3, 0.4) is 0 Å². The van der Waals surface area contributed by atoms with Crippen molar-refractivity contribution in [3.05, 3.63) is 17.5 Å². The largest absolute Gasteiger partial charge is 0.340 e. The summed E-state index contributed by atoms with van der Waals surface area (Å²) in [4.78, 5) is 23.1. The molecule has 1 aromatic heterocycles. The number of aromatic nitrogens is 2. The molecule has 0 amide bonds. The van der Waals surface area contributed by atoms with E-state index in [9.17, 15) is 4.79 Å². The summed E-state index contributed by atoms with van der Waals surface area (Å²) in [5.74, 6) is 2.38. The molecule has 2 atom stereocenters. The molecule has 0 unspecified atom stereocenters. The number of hydrogen-bond acceptors (Lipinski definition) is 4. The van der Waals surface area contributed by atoms with Crippen LogP contribution in [0.15, 0.2) is 6.20 Å². The van der Waals surface area contributed by atoms with Gasteiger partial charge in [0.2, 0.25) is 5.95 Å². The number of carbonyl (C=O) groups is 1. The number of piperidine rings is 1. The number of nitrogens with zero attached hydrogens (tertiary/aromatic N) is 3. The van der Waals surface area contributed by atoms with Crippen LogP contribution < -0.4 is 4.90 Å². The van der Waals surface area contributed by atoms with Crippen LogP contribution in [-0.2, 0) is 6.42 Å². The topological polar surface area (TPSA) is 46.1 Å². The van der Waals surface area contributed by atoms with Gasteiger partial charge in [-0.05, 0) is 31.1 Å². The van der Waals surface area contributed by atoms with E-state index in [4.69, 9.17) is 0 Å². The van der Waals surface area contributed by atoms with Crippen molar-refractivity contribution in [2.24, 2.45) is 11.8 Å². The standard InChI is InChI=1S/C15H21N3O/c1-10-6-11(2)9-18(8-10)15-16-7-12-13(17-15)4-3-5-14(12)19/h7,10-11H,3-6,8-9H2,1-2H3/t10-,11-/m0/s1. The lowest BCUT2D eigenvalue weighted by atomic mass is 9.92. The Morgan fingerprint density at radius 2 is 1.95 bits per heavy atom. The minimum atomic E-state index is 0.202. The van der Waals surface area contributed by atoms with Crippen LogP contribution in [0.2, 0.25) is 0 Å². The van der Waals surface area contributed by atoms with Gasteiger partial charge in [-0.15, -0.1) is 0 Å². The molecule has 0 saturated carbocycles. The first-order chi connectivity index (χ1) is 9.13. The molecule has 1 fully saturated rings. The van der Waals surface area contributed by atoms with Gasteiger partial charge in [0.15, 0.2) is 5.78 Å². The van der Waals surface area contributed by atoms with E-state index in [1.807, 2.05) is 0 Å². The van der Waals surface area contributed by atoms with E-state index in [0.717, 1.165) is 43.1 Å². The molecule has 4 heteroatoms. The van der Waals surface area contributed by atoms with Crippen LogP contribution in [0.5, 0.6) is 0 Å². The third-order valence-electron chi connectivity index (χ3n) is 4.12. The maximum Gasteiger partial charge on any atom is 0.225 e. The molecule has 0 bridgehead atoms. The van der Waals surface area contributed by atoms with Gasteiger partial charge in [0.1, 0.15) is 0 Å². The van der Waals surface area contributed by atoms with Crippen molar-refractivity contribution >= 4 is 11.7 Å². The van der Waals surface area contributed by atoms with Crippen LogP contribution in [-0.4, -0.2) is 28.8 Å². The van der Waals surface area contributed by atoms with Gasteiger partial charge >= 0.3 is 0 Å². The quantitative estimate of drug-likeness (QED) is 0.777. The molecule has 1 aliphatic carbocycles. The number of ketones is 1. The van der Waals surface area contributed by atoms with E-state index < -0.39 is 0 Å². The van der Waals surface area contributed by atoms with Crippen LogP contribution >= 0.6 is 0 Å². The average molecular weight is 259 g/mol. The molecule has 1 saturated heterocycles. The Hall–Kier alpha value is -1.45. The summed E-state index contributed by atoms with van der Waals surface area (Å²) in [5.41, 5.74) is 1.69. The maximum absolute atomic E-state index is 11.8. The van der Waals surface area contributed by atoms with Crippen LogP contribution in [0.1, 0.15) is 49.2 Å². The lowest BCUT2D eigenvalue weighted by Gasteiger charge is -2.35. The Bertz CT molecular complexity index is 490. The summed E-state index contributed by atoms with van der Waals surface area (Å²) in [6, 6.07) is 0. The number of hydrogen-bond donors (Lipinski definition) is 0. The Kier molecular flexibility index (Phi) is 3.25. The highest BCUT2D eigenvalue weighted by Crippen LogP contribution is 2.26. The highest BCUT2D eigenvalue weighted by atomic mass is 16.1. The first-order valence-electron chi connectivity index (χ1n) is 7.27. The van der Waals surface area contributed by atoms with E-state index in [2.05, 4.69) is 28.7 Å². The van der Waals surface area contributed by atoms with Gasteiger partial charge in [0, 0.05) is 25.7 Å². The number of carbonyl (C=O) groups excluding carboxylic acids is 1. The molecule has 102 valence electrons. The predicted octanol–water partition coefficient (Wildman–Crippen LogP) is 2.48. The summed E-state index contributed by atoms with van der Waals surface area (Å²) in [6.45, 7) is 6.61. The third kappa shape index (κ3) is 2.48. The van der Waals surface area contributed by atoms with E-state index in [1.54, 1.807) is 6.20 Å². The number of rotatable bonds is 1. The lowest BCUT2D eigenvalue weighted by molar-refractivity contribution is 0.0971. The fourth-order valence-corrected chi connectivity index (χ4v) is 3.36. The number of fused-ring (bicyclic) bond motifs is 1. The Labute approximate surface area is 114 Å². The van der Waals surface area contributed by atoms with E-state index in [1.165, 1.54) is 6.42 Å². The second-order valence-electron chi connectivity index (χ2n) is 6.16. The zero-order chi connectivity index (χ0) is 13.4. The average Bonchev–Trinajstić information content (AvgIpc) is 2.37. The molecule has 3 rings (SSSR count). The molecular formula is C15H21N3O. The second-order valence-corrected chi connectivity index (χ2v) is 6.16. The zero-order valence-corrected chi connectivity index (χ0v) is 11.7. The van der Waals surface area contributed by atoms with Gasteiger partial charge in [0.05, 0.1) is 11.3 Å². The Balaban J connectivity index is 1.87. The Morgan fingerprint density at radius 1 is 1.21 bits per heavy atom. The second kappa shape index (κ2) is 4.91. The minimum Gasteiger partial charge on any atom is -0.340 e. The Morgan fingerprint density at radius 3 is 2.68 bits per heavy atom. The molecule has 4 nitrogen and oxygen atoms in total. The zero-order valence-electron chi connectivity index (χ0n) is 11.7. The summed E-state index contributed by atoms with van der Waals surface area (Å²) in [7, 11) is 0. The molecule has 2 aliphatic rings. The van der Waals surface area contributed by atoms with Gasteiger partial charge in [0.25, 0.3) is 0 Å². The molecule has 0 N–H and O–H groups in total. The van der Waals surface area contributed by atoms with Crippen LogP contribution in [0.25, 0.3) is 0 Å². The van der Waals surface area contributed by atoms with Gasteiger partial charge in [-0.1, -0.05) is 13.8 Å². The molecule has 1 aromatic rings. The van der Waals surface area contributed by atoms with E-state index in [-0.39, 0.29) is 5.78 Å². The van der Waals surface area contributed by atoms with Crippen molar-refractivity contribution < 1.29 is 4.79 Å². The first-order valence-corrected chi connectivity index (χ1v) is 7.27. The number of anilines is 1. The van der Waals surface area contributed by atoms with Crippen molar-refractivity contribution in [1.29, 1.82) is 0 Å². The molecule has 0 radical (unpaired) electrons. The number of Topliss-reactive ketones (excluding diaryl/α,β-unsaturated/α-hetero) is 1.